The van der Waals surface area contributed by atoms with Crippen molar-refractivity contribution in [3.63, 3.8) is 0 Å². The number of esters is 1. The third-order valence-corrected chi connectivity index (χ3v) is 8.54. The molecule has 0 bridgehead atoms. The van der Waals surface area contributed by atoms with Gasteiger partial charge in [0.05, 0.1) is 19.8 Å². The summed E-state index contributed by atoms with van der Waals surface area (Å²) < 4.78 is 19.5. The third-order valence-electron chi connectivity index (χ3n) is 5.42. The summed E-state index contributed by atoms with van der Waals surface area (Å²) in [6.45, 7) is 7.92. The van der Waals surface area contributed by atoms with Crippen molar-refractivity contribution in [1.82, 2.24) is 19.3 Å². The molecule has 0 unspecified atom stereocenters. The van der Waals surface area contributed by atoms with E-state index in [4.69, 9.17) is 14.5 Å². The summed E-state index contributed by atoms with van der Waals surface area (Å²) in [4.78, 5) is 24.9. The average molecular weight is 571 g/mol. The number of aromatic nitrogens is 3. The zero-order valence-corrected chi connectivity index (χ0v) is 22.2. The van der Waals surface area contributed by atoms with Crippen molar-refractivity contribution in [2.45, 2.75) is 20.4 Å². The number of carbonyl (C=O) groups is 1. The van der Waals surface area contributed by atoms with Crippen LogP contribution in [0.1, 0.15) is 33.5 Å². The number of hydrogen-bond acceptors (Lipinski definition) is 9. The Morgan fingerprint density at radius 1 is 1.36 bits per heavy atom. The summed E-state index contributed by atoms with van der Waals surface area (Å²) >= 11 is 0.620. The van der Waals surface area contributed by atoms with Crippen molar-refractivity contribution in [3.05, 3.63) is 44.4 Å². The fourth-order valence-electron chi connectivity index (χ4n) is 3.89. The number of anilines is 2. The normalized spacial score (nSPS) is 16.4. The summed E-state index contributed by atoms with van der Waals surface area (Å²) in [6.07, 6.45) is 5.80. The first-order valence-corrected chi connectivity index (χ1v) is 14.6. The van der Waals surface area contributed by atoms with Gasteiger partial charge in [-0.05, 0) is 6.92 Å². The number of nitrogens with zero attached hydrogens (tertiary/aromatic N) is 5. The summed E-state index contributed by atoms with van der Waals surface area (Å²) in [5.74, 6) is 0.369. The van der Waals surface area contributed by atoms with Gasteiger partial charge in [-0.25, -0.2) is 0 Å². The Balaban J connectivity index is 1.47. The predicted molar refractivity (Wildman–Crippen MR) is 130 cm³/mol. The molecular formula is C22H24N6O3SSn. The van der Waals surface area contributed by atoms with Crippen molar-refractivity contribution >= 4 is 67.0 Å². The van der Waals surface area contributed by atoms with Crippen LogP contribution in [0.15, 0.2) is 25.8 Å². The van der Waals surface area contributed by atoms with Crippen LogP contribution in [0.3, 0.4) is 0 Å². The van der Waals surface area contributed by atoms with Gasteiger partial charge in [0.2, 0.25) is 0 Å². The Morgan fingerprint density at radius 3 is 2.97 bits per heavy atom. The van der Waals surface area contributed by atoms with Gasteiger partial charge in [-0.2, -0.15) is 0 Å². The van der Waals surface area contributed by atoms with Gasteiger partial charge in [0.1, 0.15) is 0 Å². The van der Waals surface area contributed by atoms with Crippen molar-refractivity contribution in [2.75, 3.05) is 38.2 Å². The molecule has 0 aliphatic carbocycles. The zero-order valence-electron chi connectivity index (χ0n) is 18.5. The maximum atomic E-state index is 12.7. The molecule has 9 nitrogen and oxygen atoms in total. The molecule has 0 saturated carbocycles. The number of ether oxygens (including phenoxy) is 2. The second kappa shape index (κ2) is 9.92. The first kappa shape index (κ1) is 22.5. The summed E-state index contributed by atoms with van der Waals surface area (Å²) in [6, 6.07) is 2.02. The molecule has 0 aromatic carbocycles. The fourth-order valence-corrected chi connectivity index (χ4v) is 6.71. The van der Waals surface area contributed by atoms with Crippen LogP contribution in [0, 0.1) is 6.92 Å². The minimum Gasteiger partial charge on any atom is -0.379 e. The molecule has 1 saturated heterocycles. The SMILES string of the molecule is CCOC(=O)c1sc(Nc2nc(C)cn3c(C4=[CH][Sn][N]=C4)cnc23)cc1CN1CCOCC1. The van der Waals surface area contributed by atoms with Gasteiger partial charge in [-0.15, -0.1) is 0 Å². The second-order valence-electron chi connectivity index (χ2n) is 7.75. The Bertz CT molecular complexity index is 1240. The van der Waals surface area contributed by atoms with Gasteiger partial charge in [0, 0.05) is 13.1 Å². The van der Waals surface area contributed by atoms with Crippen molar-refractivity contribution < 1.29 is 14.3 Å². The van der Waals surface area contributed by atoms with E-state index in [-0.39, 0.29) is 5.97 Å². The monoisotopic (exact) mass is 572 g/mol. The van der Waals surface area contributed by atoms with E-state index in [1.54, 1.807) is 0 Å². The van der Waals surface area contributed by atoms with Crippen LogP contribution in [0.5, 0.6) is 0 Å². The molecule has 1 fully saturated rings. The number of nitrogens with one attached hydrogen (secondary N) is 1. The molecule has 2 aliphatic heterocycles. The molecule has 1 N–H and O–H groups in total. The van der Waals surface area contributed by atoms with Crippen LogP contribution in [-0.2, 0) is 16.0 Å². The molecule has 3 aromatic heterocycles. The van der Waals surface area contributed by atoms with Crippen LogP contribution < -0.4 is 5.32 Å². The number of morpholine rings is 1. The molecule has 0 atom stereocenters. The average Bonchev–Trinajstić information content (AvgIpc) is 3.54. The van der Waals surface area contributed by atoms with Gasteiger partial charge >= 0.3 is 162 Å². The molecule has 2 aliphatic rings. The van der Waals surface area contributed by atoms with Gasteiger partial charge in [-0.3, -0.25) is 0 Å². The molecule has 11 heteroatoms. The minimum atomic E-state index is -0.771. The number of imidazole rings is 1. The van der Waals surface area contributed by atoms with Gasteiger partial charge in [0.25, 0.3) is 0 Å². The standard InChI is InChI=1S/C22H24N6O3S.Sn/c1-4-31-22(29)19-16(13-27-5-7-30-8-6-27)9-18(32-19)26-20-21-24-11-17(14(2)10-23)28(21)12-15(3)25-20;/h2,9-12H,4-8,13H2,1,3H3,(H,25,26);/q-1;+1. The number of fused-ring (bicyclic) bond motifs is 1. The first-order chi connectivity index (χ1) is 16.1. The van der Waals surface area contributed by atoms with Crippen LogP contribution in [0.25, 0.3) is 11.2 Å². The van der Waals surface area contributed by atoms with Gasteiger partial charge in [0.15, 0.2) is 0 Å². The van der Waals surface area contributed by atoms with Crippen molar-refractivity contribution in [3.8, 4) is 0 Å². The predicted octanol–water partition coefficient (Wildman–Crippen LogP) is 2.90. The maximum absolute atomic E-state index is 12.7. The topological polar surface area (TPSA) is 93.3 Å². The van der Waals surface area contributed by atoms with Crippen LogP contribution >= 0.6 is 11.3 Å². The van der Waals surface area contributed by atoms with E-state index < -0.39 is 21.4 Å². The molecule has 3 aromatic rings. The Labute approximate surface area is 206 Å². The number of allylic oxidation sites excluding steroid dienone is 1. The molecule has 0 spiro atoms. The smallest absolute Gasteiger partial charge is 0.379 e. The van der Waals surface area contributed by atoms with Crippen molar-refractivity contribution in [2.24, 2.45) is 3.21 Å². The number of rotatable bonds is 7. The Morgan fingerprint density at radius 2 is 2.21 bits per heavy atom. The van der Waals surface area contributed by atoms with E-state index in [9.17, 15) is 4.79 Å². The Hall–Kier alpha value is -2.28. The molecule has 0 amide bonds. The van der Waals surface area contributed by atoms with Crippen LogP contribution in [-0.4, -0.2) is 85.8 Å². The van der Waals surface area contributed by atoms with Crippen LogP contribution in [0.4, 0.5) is 10.8 Å². The minimum absolute atomic E-state index is 0.290. The number of aryl methyl sites for hydroxylation is 1. The molecular weight excluding hydrogens is 547 g/mol. The fraction of sp³-hybridized carbons (Fsp3) is 0.364. The Kier molecular flexibility index (Phi) is 6.76. The number of carbonyl (C=O) groups excluding carboxylic acids is 1. The quantitative estimate of drug-likeness (QED) is 0.345. The summed E-state index contributed by atoms with van der Waals surface area (Å²) in [7, 11) is 0. The zero-order chi connectivity index (χ0) is 22.8. The van der Waals surface area contributed by atoms with E-state index >= 15 is 0 Å². The second-order valence-corrected chi connectivity index (χ2v) is 11.1. The number of hydrogen-bond donors (Lipinski definition) is 1. The van der Waals surface area contributed by atoms with Gasteiger partial charge < -0.3 is 4.74 Å². The van der Waals surface area contributed by atoms with Gasteiger partial charge in [-0.1, -0.05) is 0 Å². The summed E-state index contributed by atoms with van der Waals surface area (Å²) in [5.41, 5.74) is 4.71. The molecule has 170 valence electrons. The molecule has 5 heterocycles. The molecule has 2 radical (unpaired) electrons. The molecule has 33 heavy (non-hydrogen) atoms. The summed E-state index contributed by atoms with van der Waals surface area (Å²) in [5, 5.41) is 4.25. The van der Waals surface area contributed by atoms with E-state index in [1.807, 2.05) is 38.5 Å². The van der Waals surface area contributed by atoms with E-state index in [0.717, 1.165) is 46.3 Å². The van der Waals surface area contributed by atoms with E-state index in [1.165, 1.54) is 11.3 Å². The first-order valence-electron chi connectivity index (χ1n) is 10.8. The number of thiophene rings is 1. The molecule has 5 rings (SSSR count). The van der Waals surface area contributed by atoms with E-state index in [0.29, 0.717) is 37.1 Å². The third kappa shape index (κ3) is 4.84. The van der Waals surface area contributed by atoms with Crippen molar-refractivity contribution in [1.29, 1.82) is 0 Å². The van der Waals surface area contributed by atoms with Crippen LogP contribution in [0.2, 0.25) is 0 Å². The van der Waals surface area contributed by atoms with E-state index in [2.05, 4.69) is 26.9 Å².